The number of carbonyl (C=O) groups is 2. The van der Waals surface area contributed by atoms with Gasteiger partial charge in [-0.1, -0.05) is 0 Å². The normalized spacial score (nSPS) is 18.4. The lowest BCUT2D eigenvalue weighted by Crippen LogP contribution is -2.48. The first-order chi connectivity index (χ1) is 21.5. The molecule has 0 spiro atoms. The molecule has 3 amide bonds. The lowest BCUT2D eigenvalue weighted by Gasteiger charge is -2.34. The van der Waals surface area contributed by atoms with Gasteiger partial charge in [-0.15, -0.1) is 0 Å². The number of carbonyl (C=O) groups excluding carboxylic acids is 2. The molecule has 3 aliphatic rings. The molecule has 234 valence electrons. The van der Waals surface area contributed by atoms with E-state index in [-0.39, 0.29) is 17.9 Å². The van der Waals surface area contributed by atoms with Crippen LogP contribution in [0.1, 0.15) is 37.8 Å². The second kappa shape index (κ2) is 14.2. The van der Waals surface area contributed by atoms with E-state index in [9.17, 15) is 9.59 Å². The Bertz CT molecular complexity index is 1410. The fourth-order valence-electron chi connectivity index (χ4n) is 6.37. The van der Waals surface area contributed by atoms with Gasteiger partial charge in [0.2, 0.25) is 5.91 Å². The summed E-state index contributed by atoms with van der Waals surface area (Å²) in [5, 5.41) is 4.11. The van der Waals surface area contributed by atoms with Gasteiger partial charge in [0.05, 0.1) is 31.0 Å². The van der Waals surface area contributed by atoms with Gasteiger partial charge in [-0.2, -0.15) is 0 Å². The molecule has 3 saturated heterocycles. The fourth-order valence-corrected chi connectivity index (χ4v) is 6.37. The zero-order valence-electron chi connectivity index (χ0n) is 25.6. The molecular weight excluding hydrogens is 558 g/mol. The number of amides is 3. The Morgan fingerprint density at radius 1 is 0.909 bits per heavy atom. The van der Waals surface area contributed by atoms with Gasteiger partial charge in [-0.25, -0.2) is 14.8 Å². The summed E-state index contributed by atoms with van der Waals surface area (Å²) in [6, 6.07) is 14.1. The second-order valence-electron chi connectivity index (χ2n) is 11.8. The highest BCUT2D eigenvalue weighted by molar-refractivity contribution is 5.89. The third kappa shape index (κ3) is 7.39. The summed E-state index contributed by atoms with van der Waals surface area (Å²) in [6.07, 6.45) is 4.28. The van der Waals surface area contributed by atoms with Crippen molar-refractivity contribution in [2.24, 2.45) is 0 Å². The Balaban J connectivity index is 0.968. The van der Waals surface area contributed by atoms with Crippen LogP contribution in [0.25, 0.3) is 10.9 Å². The molecule has 2 aromatic carbocycles. The molecule has 44 heavy (non-hydrogen) atoms. The van der Waals surface area contributed by atoms with Crippen LogP contribution < -0.4 is 15.0 Å². The number of fused-ring (bicyclic) bond motifs is 1. The number of aromatic nitrogens is 2. The average molecular weight is 602 g/mol. The molecule has 1 N–H and O–H groups in total. The Hall–Kier alpha value is -3.96. The Morgan fingerprint density at radius 3 is 2.39 bits per heavy atom. The molecule has 4 heterocycles. The molecule has 11 nitrogen and oxygen atoms in total. The van der Waals surface area contributed by atoms with Crippen molar-refractivity contribution < 1.29 is 19.1 Å². The summed E-state index contributed by atoms with van der Waals surface area (Å²) in [5.74, 6) is 1.24. The Labute approximate surface area is 259 Å². The summed E-state index contributed by atoms with van der Waals surface area (Å²) in [5.41, 5.74) is 3.89. The van der Waals surface area contributed by atoms with Crippen LogP contribution in [-0.4, -0.2) is 115 Å². The average Bonchev–Trinajstić information content (AvgIpc) is 3.07. The van der Waals surface area contributed by atoms with E-state index in [0.717, 1.165) is 112 Å². The zero-order chi connectivity index (χ0) is 30.3. The molecule has 1 aromatic heterocycles. The molecule has 0 atom stereocenters. The van der Waals surface area contributed by atoms with Crippen molar-refractivity contribution in [2.45, 2.75) is 32.1 Å². The molecule has 3 fully saturated rings. The Morgan fingerprint density at radius 2 is 1.66 bits per heavy atom. The van der Waals surface area contributed by atoms with E-state index in [2.05, 4.69) is 43.3 Å². The highest BCUT2D eigenvalue weighted by Gasteiger charge is 2.26. The molecule has 11 heteroatoms. The first kappa shape index (κ1) is 30.1. The van der Waals surface area contributed by atoms with E-state index in [1.807, 2.05) is 34.1 Å². The number of piperidine rings is 1. The lowest BCUT2D eigenvalue weighted by molar-refractivity contribution is -0.130. The van der Waals surface area contributed by atoms with Crippen LogP contribution in [0.2, 0.25) is 0 Å². The summed E-state index contributed by atoms with van der Waals surface area (Å²) in [6.45, 7) is 11.3. The minimum Gasteiger partial charge on any atom is -0.493 e. The number of hydrogen-bond acceptors (Lipinski definition) is 8. The first-order valence-electron chi connectivity index (χ1n) is 15.9. The number of benzene rings is 2. The third-order valence-corrected chi connectivity index (χ3v) is 9.01. The van der Waals surface area contributed by atoms with E-state index in [1.54, 1.807) is 13.3 Å². The molecule has 0 radical (unpaired) electrons. The maximum absolute atomic E-state index is 13.0. The lowest BCUT2D eigenvalue weighted by atomic mass is 9.91. The predicted octanol–water partition coefficient (Wildman–Crippen LogP) is 3.81. The van der Waals surface area contributed by atoms with Crippen LogP contribution in [0.15, 0.2) is 48.8 Å². The van der Waals surface area contributed by atoms with Crippen LogP contribution in [0, 0.1) is 0 Å². The van der Waals surface area contributed by atoms with Crippen molar-refractivity contribution >= 4 is 34.2 Å². The largest absolute Gasteiger partial charge is 0.493 e. The summed E-state index contributed by atoms with van der Waals surface area (Å²) in [4.78, 5) is 42.2. The van der Waals surface area contributed by atoms with Gasteiger partial charge in [0.25, 0.3) is 0 Å². The van der Waals surface area contributed by atoms with Crippen molar-refractivity contribution in [3.05, 3.63) is 54.5 Å². The van der Waals surface area contributed by atoms with E-state index in [0.29, 0.717) is 19.7 Å². The monoisotopic (exact) mass is 601 g/mol. The number of piperazine rings is 1. The number of nitrogens with zero attached hydrogens (tertiary/aromatic N) is 6. The number of likely N-dealkylation sites (tertiary alicyclic amines) is 1. The number of urea groups is 1. The van der Waals surface area contributed by atoms with E-state index in [1.165, 1.54) is 0 Å². The highest BCUT2D eigenvalue weighted by Crippen LogP contribution is 2.32. The summed E-state index contributed by atoms with van der Waals surface area (Å²) < 4.78 is 11.5. The maximum Gasteiger partial charge on any atom is 0.321 e. The minimum absolute atomic E-state index is 0.0600. The van der Waals surface area contributed by atoms with Crippen LogP contribution in [0.3, 0.4) is 0 Å². The van der Waals surface area contributed by atoms with Gasteiger partial charge in [0.15, 0.2) is 0 Å². The molecule has 3 aromatic rings. The van der Waals surface area contributed by atoms with E-state index < -0.39 is 0 Å². The number of ether oxygens (including phenoxy) is 2. The zero-order valence-corrected chi connectivity index (χ0v) is 25.6. The molecule has 0 bridgehead atoms. The second-order valence-corrected chi connectivity index (χ2v) is 11.8. The van der Waals surface area contributed by atoms with Gasteiger partial charge < -0.3 is 29.5 Å². The maximum atomic E-state index is 13.0. The number of morpholine rings is 1. The molecular formula is C33H43N7O4. The fraction of sp³-hybridized carbons (Fsp3) is 0.515. The van der Waals surface area contributed by atoms with E-state index >= 15 is 0 Å². The summed E-state index contributed by atoms with van der Waals surface area (Å²) in [7, 11) is 0. The van der Waals surface area contributed by atoms with Crippen molar-refractivity contribution in [2.75, 3.05) is 88.9 Å². The van der Waals surface area contributed by atoms with Crippen LogP contribution >= 0.6 is 0 Å². The van der Waals surface area contributed by atoms with Gasteiger partial charge in [-0.05, 0) is 55.7 Å². The van der Waals surface area contributed by atoms with Gasteiger partial charge in [0, 0.05) is 94.6 Å². The first-order valence-corrected chi connectivity index (χ1v) is 15.9. The van der Waals surface area contributed by atoms with Crippen LogP contribution in [-0.2, 0) is 9.53 Å². The Kier molecular flexibility index (Phi) is 9.72. The SMILES string of the molecule is CC(=O)N1CCN(CCCOc2ccc3c(C4CCN(C(=O)Nc5ccc(N6CCOCC6)cc5)CC4)ncnc3c2)CC1. The molecule has 0 saturated carbocycles. The molecule has 6 rings (SSSR count). The predicted molar refractivity (Wildman–Crippen MR) is 170 cm³/mol. The van der Waals surface area contributed by atoms with Gasteiger partial charge in [-0.3, -0.25) is 9.69 Å². The topological polar surface area (TPSA) is 103 Å². The minimum atomic E-state index is -0.0600. The van der Waals surface area contributed by atoms with Crippen LogP contribution in [0.5, 0.6) is 5.75 Å². The quantitative estimate of drug-likeness (QED) is 0.389. The van der Waals surface area contributed by atoms with Gasteiger partial charge in [0.1, 0.15) is 12.1 Å². The standard InChI is InChI=1S/C33H43N7O4/c1-25(41)38-16-14-37(15-17-38)11-2-20-44-29-7-8-30-31(23-29)34-24-35-32(30)26-9-12-40(13-10-26)33(42)36-27-3-5-28(6-4-27)39-18-21-43-22-19-39/h3-8,23-24,26H,2,9-22H2,1H3,(H,36,42). The van der Waals surface area contributed by atoms with Crippen molar-refractivity contribution in [3.63, 3.8) is 0 Å². The van der Waals surface area contributed by atoms with E-state index in [4.69, 9.17) is 9.47 Å². The molecule has 3 aliphatic heterocycles. The summed E-state index contributed by atoms with van der Waals surface area (Å²) >= 11 is 0. The smallest absolute Gasteiger partial charge is 0.321 e. The van der Waals surface area contributed by atoms with Crippen LogP contribution in [0.4, 0.5) is 16.2 Å². The number of hydrogen-bond donors (Lipinski definition) is 1. The highest BCUT2D eigenvalue weighted by atomic mass is 16.5. The van der Waals surface area contributed by atoms with Crippen molar-refractivity contribution in [3.8, 4) is 5.75 Å². The van der Waals surface area contributed by atoms with Crippen molar-refractivity contribution in [1.29, 1.82) is 0 Å². The molecule has 0 unspecified atom stereocenters. The number of anilines is 2. The van der Waals surface area contributed by atoms with Crippen molar-refractivity contribution in [1.82, 2.24) is 24.7 Å². The number of rotatable bonds is 8. The third-order valence-electron chi connectivity index (χ3n) is 9.01. The molecule has 0 aliphatic carbocycles. The van der Waals surface area contributed by atoms with Gasteiger partial charge >= 0.3 is 6.03 Å². The number of nitrogens with one attached hydrogen (secondary N) is 1.